The lowest BCUT2D eigenvalue weighted by Crippen LogP contribution is -1.89. The minimum absolute atomic E-state index is 0.847. The number of aromatic nitrogens is 1. The molecule has 0 unspecified atom stereocenters. The highest BCUT2D eigenvalue weighted by molar-refractivity contribution is 7.19. The van der Waals surface area contributed by atoms with E-state index in [1.807, 2.05) is 30.5 Å². The predicted molar refractivity (Wildman–Crippen MR) is 88.6 cm³/mol. The number of thiazole rings is 1. The molecule has 0 bridgehead atoms. The van der Waals surface area contributed by atoms with Crippen molar-refractivity contribution in [2.45, 2.75) is 6.92 Å². The normalized spacial score (nSPS) is 10.4. The van der Waals surface area contributed by atoms with E-state index in [1.165, 1.54) is 16.0 Å². The van der Waals surface area contributed by atoms with E-state index in [1.54, 1.807) is 18.4 Å². The fraction of sp³-hybridized carbons (Fsp3) is 0.118. The second-order valence-corrected chi connectivity index (χ2v) is 5.73. The minimum Gasteiger partial charge on any atom is -0.497 e. The Morgan fingerprint density at radius 3 is 2.52 bits per heavy atom. The van der Waals surface area contributed by atoms with Crippen molar-refractivity contribution in [1.82, 2.24) is 4.98 Å². The molecule has 0 aliphatic heterocycles. The van der Waals surface area contributed by atoms with Crippen molar-refractivity contribution in [3.8, 4) is 16.2 Å². The van der Waals surface area contributed by atoms with Gasteiger partial charge in [-0.1, -0.05) is 35.6 Å². The van der Waals surface area contributed by atoms with Crippen LogP contribution in [0.1, 0.15) is 5.56 Å². The van der Waals surface area contributed by atoms with E-state index in [0.29, 0.717) is 0 Å². The molecule has 3 aromatic rings. The van der Waals surface area contributed by atoms with Gasteiger partial charge in [0.2, 0.25) is 0 Å². The first-order valence-electron chi connectivity index (χ1n) is 6.69. The SMILES string of the molecule is COc1ccc(Nc2ncc(-c3ccccc3C)s2)cc1. The summed E-state index contributed by atoms with van der Waals surface area (Å²) in [6, 6.07) is 16.2. The van der Waals surface area contributed by atoms with Crippen molar-refractivity contribution in [2.24, 2.45) is 0 Å². The van der Waals surface area contributed by atoms with Crippen LogP contribution in [0.5, 0.6) is 5.75 Å². The number of nitrogens with zero attached hydrogens (tertiary/aromatic N) is 1. The zero-order valence-electron chi connectivity index (χ0n) is 12.0. The third kappa shape index (κ3) is 3.06. The Morgan fingerprint density at radius 1 is 1.05 bits per heavy atom. The summed E-state index contributed by atoms with van der Waals surface area (Å²) in [6.07, 6.45) is 1.92. The van der Waals surface area contributed by atoms with Crippen LogP contribution in [0.2, 0.25) is 0 Å². The highest BCUT2D eigenvalue weighted by atomic mass is 32.1. The van der Waals surface area contributed by atoms with Crippen molar-refractivity contribution in [1.29, 1.82) is 0 Å². The van der Waals surface area contributed by atoms with Gasteiger partial charge in [-0.05, 0) is 42.3 Å². The van der Waals surface area contributed by atoms with Crippen LogP contribution in [0, 0.1) is 6.92 Å². The summed E-state index contributed by atoms with van der Waals surface area (Å²) < 4.78 is 5.15. The molecule has 0 saturated heterocycles. The van der Waals surface area contributed by atoms with Crippen LogP contribution in [0.15, 0.2) is 54.7 Å². The second kappa shape index (κ2) is 5.97. The summed E-state index contributed by atoms with van der Waals surface area (Å²) in [7, 11) is 1.66. The zero-order chi connectivity index (χ0) is 14.7. The molecule has 3 rings (SSSR count). The van der Waals surface area contributed by atoms with Crippen LogP contribution in [0.4, 0.5) is 10.8 Å². The van der Waals surface area contributed by atoms with Gasteiger partial charge in [0.05, 0.1) is 12.0 Å². The smallest absolute Gasteiger partial charge is 0.187 e. The van der Waals surface area contributed by atoms with Crippen molar-refractivity contribution in [3.63, 3.8) is 0 Å². The van der Waals surface area contributed by atoms with Gasteiger partial charge in [0.1, 0.15) is 5.75 Å². The standard InChI is InChI=1S/C17H16N2OS/c1-12-5-3-4-6-15(12)16-11-18-17(21-16)19-13-7-9-14(20-2)10-8-13/h3-11H,1-2H3,(H,18,19). The van der Waals surface area contributed by atoms with E-state index < -0.39 is 0 Å². The molecule has 0 amide bonds. The second-order valence-electron chi connectivity index (χ2n) is 4.70. The van der Waals surface area contributed by atoms with Gasteiger partial charge < -0.3 is 10.1 Å². The highest BCUT2D eigenvalue weighted by Gasteiger charge is 2.06. The molecule has 0 spiro atoms. The van der Waals surface area contributed by atoms with E-state index in [-0.39, 0.29) is 0 Å². The number of hydrogen-bond donors (Lipinski definition) is 1. The van der Waals surface area contributed by atoms with Gasteiger partial charge in [-0.3, -0.25) is 0 Å². The number of anilines is 2. The average molecular weight is 296 g/mol. The van der Waals surface area contributed by atoms with Crippen LogP contribution in [0.3, 0.4) is 0 Å². The van der Waals surface area contributed by atoms with Gasteiger partial charge in [0.15, 0.2) is 5.13 Å². The Morgan fingerprint density at radius 2 is 1.81 bits per heavy atom. The monoisotopic (exact) mass is 296 g/mol. The first kappa shape index (κ1) is 13.6. The molecular formula is C17H16N2OS. The molecule has 1 N–H and O–H groups in total. The third-order valence-electron chi connectivity index (χ3n) is 3.26. The Hall–Kier alpha value is -2.33. The molecule has 3 nitrogen and oxygen atoms in total. The molecule has 0 aliphatic carbocycles. The Bertz CT molecular complexity index is 735. The Kier molecular flexibility index (Phi) is 3.88. The summed E-state index contributed by atoms with van der Waals surface area (Å²) in [6.45, 7) is 2.12. The molecule has 1 aromatic heterocycles. The molecule has 2 aromatic carbocycles. The van der Waals surface area contributed by atoms with E-state index >= 15 is 0 Å². The maximum atomic E-state index is 5.15. The van der Waals surface area contributed by atoms with Gasteiger partial charge in [-0.15, -0.1) is 0 Å². The minimum atomic E-state index is 0.847. The number of ether oxygens (including phenoxy) is 1. The summed E-state index contributed by atoms with van der Waals surface area (Å²) in [5.41, 5.74) is 3.50. The molecule has 0 aliphatic rings. The van der Waals surface area contributed by atoms with Gasteiger partial charge in [-0.2, -0.15) is 0 Å². The lowest BCUT2D eigenvalue weighted by molar-refractivity contribution is 0.415. The van der Waals surface area contributed by atoms with Crippen LogP contribution in [-0.4, -0.2) is 12.1 Å². The molecule has 1 heterocycles. The molecule has 0 fully saturated rings. The van der Waals surface area contributed by atoms with Crippen molar-refractivity contribution in [3.05, 3.63) is 60.3 Å². The van der Waals surface area contributed by atoms with Gasteiger partial charge in [0, 0.05) is 11.9 Å². The Balaban J connectivity index is 1.80. The highest BCUT2D eigenvalue weighted by Crippen LogP contribution is 2.32. The van der Waals surface area contributed by atoms with Crippen LogP contribution < -0.4 is 10.1 Å². The van der Waals surface area contributed by atoms with E-state index in [4.69, 9.17) is 4.74 Å². The van der Waals surface area contributed by atoms with Crippen molar-refractivity contribution < 1.29 is 4.74 Å². The van der Waals surface area contributed by atoms with Crippen molar-refractivity contribution >= 4 is 22.2 Å². The van der Waals surface area contributed by atoms with E-state index in [2.05, 4.69) is 41.5 Å². The first-order valence-corrected chi connectivity index (χ1v) is 7.51. The fourth-order valence-electron chi connectivity index (χ4n) is 2.10. The largest absolute Gasteiger partial charge is 0.497 e. The number of hydrogen-bond acceptors (Lipinski definition) is 4. The molecule has 21 heavy (non-hydrogen) atoms. The van der Waals surface area contributed by atoms with Crippen LogP contribution in [0.25, 0.3) is 10.4 Å². The topological polar surface area (TPSA) is 34.1 Å². The fourth-order valence-corrected chi connectivity index (χ4v) is 3.03. The summed E-state index contributed by atoms with van der Waals surface area (Å²) in [5, 5.41) is 4.20. The first-order chi connectivity index (χ1) is 10.3. The lowest BCUT2D eigenvalue weighted by Gasteiger charge is -2.04. The number of rotatable bonds is 4. The molecule has 0 saturated carbocycles. The van der Waals surface area contributed by atoms with Crippen molar-refractivity contribution in [2.75, 3.05) is 12.4 Å². The average Bonchev–Trinajstić information content (AvgIpc) is 2.97. The summed E-state index contributed by atoms with van der Waals surface area (Å²) in [5.74, 6) is 0.847. The summed E-state index contributed by atoms with van der Waals surface area (Å²) >= 11 is 1.65. The Labute approximate surface area is 128 Å². The zero-order valence-corrected chi connectivity index (χ0v) is 12.8. The predicted octanol–water partition coefficient (Wildman–Crippen LogP) is 4.87. The maximum absolute atomic E-state index is 5.15. The number of methoxy groups -OCH3 is 1. The molecule has 106 valence electrons. The molecular weight excluding hydrogens is 280 g/mol. The van der Waals surface area contributed by atoms with E-state index in [0.717, 1.165) is 16.6 Å². The number of aryl methyl sites for hydroxylation is 1. The van der Waals surface area contributed by atoms with Gasteiger partial charge >= 0.3 is 0 Å². The van der Waals surface area contributed by atoms with Gasteiger partial charge in [0.25, 0.3) is 0 Å². The lowest BCUT2D eigenvalue weighted by atomic mass is 10.1. The molecule has 0 radical (unpaired) electrons. The number of nitrogens with one attached hydrogen (secondary N) is 1. The molecule has 4 heteroatoms. The van der Waals surface area contributed by atoms with E-state index in [9.17, 15) is 0 Å². The van der Waals surface area contributed by atoms with Crippen LogP contribution in [-0.2, 0) is 0 Å². The maximum Gasteiger partial charge on any atom is 0.187 e. The third-order valence-corrected chi connectivity index (χ3v) is 4.20. The van der Waals surface area contributed by atoms with Gasteiger partial charge in [-0.25, -0.2) is 4.98 Å². The molecule has 0 atom stereocenters. The van der Waals surface area contributed by atoms with Crippen LogP contribution >= 0.6 is 11.3 Å². The summed E-state index contributed by atoms with van der Waals surface area (Å²) in [4.78, 5) is 5.62. The number of benzene rings is 2. The quantitative estimate of drug-likeness (QED) is 0.745.